The van der Waals surface area contributed by atoms with Crippen LogP contribution >= 0.6 is 35.7 Å². The zero-order chi connectivity index (χ0) is 19.0. The fraction of sp³-hybridized carbons (Fsp3) is 0.737. The van der Waals surface area contributed by atoms with Crippen molar-refractivity contribution in [3.05, 3.63) is 18.5 Å². The number of guanidine groups is 1. The van der Waals surface area contributed by atoms with Gasteiger partial charge in [0.1, 0.15) is 0 Å². The van der Waals surface area contributed by atoms with Crippen LogP contribution in [-0.2, 0) is 0 Å². The van der Waals surface area contributed by atoms with Crippen LogP contribution in [0.1, 0.15) is 26.7 Å². The Morgan fingerprint density at radius 3 is 2.61 bits per heavy atom. The predicted octanol–water partition coefficient (Wildman–Crippen LogP) is 2.06. The Hall–Kier alpha value is -0.810. The molecule has 1 atom stereocenters. The summed E-state index contributed by atoms with van der Waals surface area (Å²) < 4.78 is 0.318. The van der Waals surface area contributed by atoms with Gasteiger partial charge in [0.2, 0.25) is 5.95 Å². The molecule has 0 spiro atoms. The van der Waals surface area contributed by atoms with Gasteiger partial charge in [-0.2, -0.15) is 11.8 Å². The predicted molar refractivity (Wildman–Crippen MR) is 130 cm³/mol. The van der Waals surface area contributed by atoms with Crippen molar-refractivity contribution in [3.63, 3.8) is 0 Å². The summed E-state index contributed by atoms with van der Waals surface area (Å²) in [6.07, 6.45) is 6.21. The molecular formula is C19H34IN7S. The van der Waals surface area contributed by atoms with E-state index >= 15 is 0 Å². The number of aliphatic imine (C=N–C) groups is 1. The highest BCUT2D eigenvalue weighted by Gasteiger charge is 2.29. The van der Waals surface area contributed by atoms with E-state index in [0.29, 0.717) is 4.75 Å². The number of rotatable bonds is 7. The van der Waals surface area contributed by atoms with E-state index in [1.54, 1.807) is 0 Å². The van der Waals surface area contributed by atoms with Crippen molar-refractivity contribution in [1.82, 2.24) is 25.5 Å². The number of hydrogen-bond acceptors (Lipinski definition) is 6. The van der Waals surface area contributed by atoms with Crippen LogP contribution in [0.15, 0.2) is 23.5 Å². The second-order valence-electron chi connectivity index (χ2n) is 7.40. The van der Waals surface area contributed by atoms with Crippen LogP contribution in [0.3, 0.4) is 0 Å². The Kier molecular flexibility index (Phi) is 10.1. The monoisotopic (exact) mass is 519 g/mol. The van der Waals surface area contributed by atoms with Crippen LogP contribution < -0.4 is 15.5 Å². The van der Waals surface area contributed by atoms with E-state index in [-0.39, 0.29) is 24.0 Å². The van der Waals surface area contributed by atoms with Gasteiger partial charge in [-0.05, 0) is 38.5 Å². The number of nitrogens with zero attached hydrogens (tertiary/aromatic N) is 5. The minimum Gasteiger partial charge on any atom is -0.357 e. The smallest absolute Gasteiger partial charge is 0.225 e. The first-order valence-electron chi connectivity index (χ1n) is 10.1. The van der Waals surface area contributed by atoms with E-state index in [1.807, 2.05) is 18.5 Å². The van der Waals surface area contributed by atoms with Gasteiger partial charge in [-0.15, -0.1) is 24.0 Å². The number of nitrogens with one attached hydrogen (secondary N) is 2. The summed E-state index contributed by atoms with van der Waals surface area (Å²) in [5, 5.41) is 6.88. The average Bonchev–Trinajstić information content (AvgIpc) is 3.14. The standard InChI is InChI=1S/C19H33N7S.HI/c1-3-20-17(24-16-19(2)6-4-15-27-19)21-9-10-25-11-13-26(14-12-25)18-22-7-5-8-23-18;/h5,7-8H,3-4,6,9-16H2,1-2H3,(H2,20,21,24);1H. The third-order valence-corrected chi connectivity index (χ3v) is 6.67. The summed E-state index contributed by atoms with van der Waals surface area (Å²) in [5.74, 6) is 3.06. The number of hydrogen-bond donors (Lipinski definition) is 2. The summed E-state index contributed by atoms with van der Waals surface area (Å²) in [6.45, 7) is 12.2. The van der Waals surface area contributed by atoms with Gasteiger partial charge in [0, 0.05) is 63.0 Å². The lowest BCUT2D eigenvalue weighted by Gasteiger charge is -2.34. The molecule has 0 saturated carbocycles. The van der Waals surface area contributed by atoms with Crippen LogP contribution in [0, 0.1) is 0 Å². The molecule has 0 bridgehead atoms. The summed E-state index contributed by atoms with van der Waals surface area (Å²) in [6, 6.07) is 1.86. The second-order valence-corrected chi connectivity index (χ2v) is 9.08. The van der Waals surface area contributed by atoms with Crippen LogP contribution in [0.2, 0.25) is 0 Å². The van der Waals surface area contributed by atoms with Crippen molar-refractivity contribution in [3.8, 4) is 0 Å². The van der Waals surface area contributed by atoms with Gasteiger partial charge in [-0.3, -0.25) is 9.89 Å². The molecule has 28 heavy (non-hydrogen) atoms. The molecule has 0 aliphatic carbocycles. The zero-order valence-electron chi connectivity index (χ0n) is 17.1. The third kappa shape index (κ3) is 7.22. The molecule has 2 N–H and O–H groups in total. The van der Waals surface area contributed by atoms with Gasteiger partial charge in [0.25, 0.3) is 0 Å². The minimum absolute atomic E-state index is 0. The normalized spacial score (nSPS) is 23.4. The summed E-state index contributed by atoms with van der Waals surface area (Å²) in [4.78, 5) is 18.3. The lowest BCUT2D eigenvalue weighted by Crippen LogP contribution is -2.49. The van der Waals surface area contributed by atoms with Gasteiger partial charge < -0.3 is 15.5 Å². The van der Waals surface area contributed by atoms with Gasteiger partial charge >= 0.3 is 0 Å². The fourth-order valence-corrected chi connectivity index (χ4v) is 4.73. The number of halogens is 1. The van der Waals surface area contributed by atoms with Gasteiger partial charge in [-0.1, -0.05) is 0 Å². The Labute approximate surface area is 190 Å². The molecule has 1 aromatic rings. The van der Waals surface area contributed by atoms with E-state index in [0.717, 1.165) is 64.3 Å². The topological polar surface area (TPSA) is 68.7 Å². The summed E-state index contributed by atoms with van der Waals surface area (Å²) >= 11 is 2.06. The number of thioether (sulfide) groups is 1. The van der Waals surface area contributed by atoms with Gasteiger partial charge in [0.05, 0.1) is 6.54 Å². The van der Waals surface area contributed by atoms with Crippen LogP contribution in [-0.4, -0.2) is 83.7 Å². The highest BCUT2D eigenvalue weighted by Crippen LogP contribution is 2.37. The summed E-state index contributed by atoms with van der Waals surface area (Å²) in [7, 11) is 0. The first-order chi connectivity index (χ1) is 13.2. The summed E-state index contributed by atoms with van der Waals surface area (Å²) in [5.41, 5.74) is 0. The van der Waals surface area contributed by atoms with Crippen LogP contribution in [0.5, 0.6) is 0 Å². The maximum Gasteiger partial charge on any atom is 0.225 e. The first kappa shape index (κ1) is 23.5. The van der Waals surface area contributed by atoms with E-state index in [9.17, 15) is 0 Å². The van der Waals surface area contributed by atoms with Crippen molar-refractivity contribution < 1.29 is 0 Å². The molecule has 1 unspecified atom stereocenters. The fourth-order valence-electron chi connectivity index (χ4n) is 3.51. The molecule has 9 heteroatoms. The molecule has 3 rings (SSSR count). The lowest BCUT2D eigenvalue weighted by atomic mass is 10.1. The second kappa shape index (κ2) is 12.0. The van der Waals surface area contributed by atoms with Gasteiger partial charge in [0.15, 0.2) is 5.96 Å². The molecule has 0 aromatic carbocycles. The SMILES string of the molecule is CCNC(=NCC1(C)CCCS1)NCCN1CCN(c2ncccn2)CC1.I. The molecule has 2 saturated heterocycles. The highest BCUT2D eigenvalue weighted by atomic mass is 127. The molecule has 2 aliphatic rings. The Bertz CT molecular complexity index is 587. The maximum atomic E-state index is 4.83. The first-order valence-corrected chi connectivity index (χ1v) is 11.1. The van der Waals surface area contributed by atoms with Crippen LogP contribution in [0.4, 0.5) is 5.95 Å². The van der Waals surface area contributed by atoms with E-state index in [2.05, 4.69) is 56.0 Å². The van der Waals surface area contributed by atoms with Gasteiger partial charge in [-0.25, -0.2) is 9.97 Å². The van der Waals surface area contributed by atoms with Crippen molar-refractivity contribution in [1.29, 1.82) is 0 Å². The molecule has 3 heterocycles. The molecule has 7 nitrogen and oxygen atoms in total. The largest absolute Gasteiger partial charge is 0.357 e. The van der Waals surface area contributed by atoms with Crippen molar-refractivity contribution in [2.75, 3.05) is 63.0 Å². The van der Waals surface area contributed by atoms with E-state index in [1.165, 1.54) is 18.6 Å². The molecule has 2 fully saturated rings. The molecule has 0 radical (unpaired) electrons. The average molecular weight is 520 g/mol. The zero-order valence-corrected chi connectivity index (χ0v) is 20.2. The highest BCUT2D eigenvalue weighted by molar-refractivity contribution is 14.0. The third-order valence-electron chi connectivity index (χ3n) is 5.14. The molecule has 158 valence electrons. The molecule has 2 aliphatic heterocycles. The number of aromatic nitrogens is 2. The van der Waals surface area contributed by atoms with Crippen LogP contribution in [0.25, 0.3) is 0 Å². The van der Waals surface area contributed by atoms with E-state index < -0.39 is 0 Å². The Balaban J connectivity index is 0.00000280. The lowest BCUT2D eigenvalue weighted by molar-refractivity contribution is 0.260. The Morgan fingerprint density at radius 1 is 1.21 bits per heavy atom. The Morgan fingerprint density at radius 2 is 1.96 bits per heavy atom. The quantitative estimate of drug-likeness (QED) is 0.325. The number of piperazine rings is 1. The van der Waals surface area contributed by atoms with Crippen molar-refractivity contribution >= 4 is 47.6 Å². The van der Waals surface area contributed by atoms with Crippen molar-refractivity contribution in [2.24, 2.45) is 4.99 Å². The molecular weight excluding hydrogens is 485 g/mol. The molecule has 0 amide bonds. The maximum absolute atomic E-state index is 4.83. The van der Waals surface area contributed by atoms with Crippen molar-refractivity contribution in [2.45, 2.75) is 31.4 Å². The number of anilines is 1. The minimum atomic E-state index is 0. The van der Waals surface area contributed by atoms with E-state index in [4.69, 9.17) is 4.99 Å². The molecule has 1 aromatic heterocycles.